The fourth-order valence-electron chi connectivity index (χ4n) is 2.92. The van der Waals surface area contributed by atoms with Crippen LogP contribution in [0.25, 0.3) is 0 Å². The fourth-order valence-corrected chi connectivity index (χ4v) is 3.29. The number of rotatable bonds is 1. The van der Waals surface area contributed by atoms with Gasteiger partial charge in [-0.05, 0) is 37.2 Å². The molecular weight excluding hydrogens is 258 g/mol. The number of nitrogens with one attached hydrogen (secondary N) is 2. The molecule has 2 fully saturated rings. The predicted molar refractivity (Wildman–Crippen MR) is 79.1 cm³/mol. The molecule has 2 atom stereocenters. The topological polar surface area (TPSA) is 44.4 Å². The second kappa shape index (κ2) is 5.17. The molecule has 2 amide bonds. The Bertz CT molecular complexity index is 491. The third kappa shape index (κ3) is 2.42. The molecule has 3 rings (SSSR count). The summed E-state index contributed by atoms with van der Waals surface area (Å²) in [5.74, 6) is 0. The molecule has 5 heteroatoms. The monoisotopic (exact) mass is 275 g/mol. The van der Waals surface area contributed by atoms with Crippen LogP contribution in [0.4, 0.5) is 10.5 Å². The van der Waals surface area contributed by atoms with Gasteiger partial charge in [0.2, 0.25) is 0 Å². The van der Waals surface area contributed by atoms with E-state index in [1.807, 2.05) is 30.3 Å². The number of carbonyl (C=O) groups is 1. The van der Waals surface area contributed by atoms with Crippen LogP contribution in [0.1, 0.15) is 25.7 Å². The number of benzene rings is 1. The molecule has 19 heavy (non-hydrogen) atoms. The molecule has 1 saturated heterocycles. The lowest BCUT2D eigenvalue weighted by Gasteiger charge is -2.29. The Morgan fingerprint density at radius 1 is 1.26 bits per heavy atom. The van der Waals surface area contributed by atoms with Crippen LogP contribution in [0.5, 0.6) is 0 Å². The van der Waals surface area contributed by atoms with E-state index >= 15 is 0 Å². The minimum Gasteiger partial charge on any atom is -0.357 e. The number of urea groups is 1. The first-order valence-electron chi connectivity index (χ1n) is 6.71. The second-order valence-corrected chi connectivity index (χ2v) is 5.46. The van der Waals surface area contributed by atoms with Gasteiger partial charge in [0.05, 0.1) is 6.04 Å². The summed E-state index contributed by atoms with van der Waals surface area (Å²) in [6, 6.07) is 9.91. The number of thiocarbonyl (C=S) groups is 1. The third-order valence-electron chi connectivity index (χ3n) is 3.83. The standard InChI is InChI=1S/C14H17N3OS/c18-13(15-10-6-2-1-3-7-10)17-12-9-5-4-8-11(12)16-14(17)19/h1-3,6-7,11-12H,4-5,8-9H2,(H,15,18)(H,16,19)/t11-,12+/m1/s1. The van der Waals surface area contributed by atoms with Crippen LogP contribution in [-0.2, 0) is 0 Å². The molecule has 0 spiro atoms. The van der Waals surface area contributed by atoms with Crippen molar-refractivity contribution in [1.29, 1.82) is 0 Å². The molecule has 1 saturated carbocycles. The maximum absolute atomic E-state index is 12.4. The van der Waals surface area contributed by atoms with Crippen LogP contribution >= 0.6 is 12.2 Å². The van der Waals surface area contributed by atoms with E-state index in [4.69, 9.17) is 12.2 Å². The SMILES string of the molecule is O=C(Nc1ccccc1)N1C(=S)N[C@@H]2CCCC[C@@H]21. The molecule has 2 N–H and O–H groups in total. The summed E-state index contributed by atoms with van der Waals surface area (Å²) in [5, 5.41) is 6.74. The Hall–Kier alpha value is -1.62. The molecule has 100 valence electrons. The molecule has 0 radical (unpaired) electrons. The molecule has 0 unspecified atom stereocenters. The Labute approximate surface area is 118 Å². The summed E-state index contributed by atoms with van der Waals surface area (Å²) in [7, 11) is 0. The van der Waals surface area contributed by atoms with Gasteiger partial charge in [-0.1, -0.05) is 31.0 Å². The van der Waals surface area contributed by atoms with Gasteiger partial charge in [0.15, 0.2) is 5.11 Å². The molecular formula is C14H17N3OS. The zero-order chi connectivity index (χ0) is 13.2. The van der Waals surface area contributed by atoms with Crippen molar-refractivity contribution in [3.05, 3.63) is 30.3 Å². The summed E-state index contributed by atoms with van der Waals surface area (Å²) in [6.07, 6.45) is 4.51. The number of fused-ring (bicyclic) bond motifs is 1. The number of hydrogen-bond donors (Lipinski definition) is 2. The van der Waals surface area contributed by atoms with Gasteiger partial charge in [-0.15, -0.1) is 0 Å². The highest BCUT2D eigenvalue weighted by Crippen LogP contribution is 2.28. The lowest BCUT2D eigenvalue weighted by atomic mass is 9.91. The van der Waals surface area contributed by atoms with Crippen LogP contribution in [0.3, 0.4) is 0 Å². The summed E-state index contributed by atoms with van der Waals surface area (Å²) >= 11 is 5.30. The highest BCUT2D eigenvalue weighted by Gasteiger charge is 2.41. The largest absolute Gasteiger partial charge is 0.357 e. The molecule has 0 bridgehead atoms. The first-order valence-corrected chi connectivity index (χ1v) is 7.12. The van der Waals surface area contributed by atoms with E-state index in [9.17, 15) is 4.79 Å². The van der Waals surface area contributed by atoms with Gasteiger partial charge >= 0.3 is 6.03 Å². The van der Waals surface area contributed by atoms with Gasteiger partial charge in [-0.2, -0.15) is 0 Å². The van der Waals surface area contributed by atoms with E-state index in [2.05, 4.69) is 10.6 Å². The van der Waals surface area contributed by atoms with Crippen molar-refractivity contribution in [1.82, 2.24) is 10.2 Å². The van der Waals surface area contributed by atoms with Gasteiger partial charge in [0.25, 0.3) is 0 Å². The van der Waals surface area contributed by atoms with E-state index in [1.165, 1.54) is 12.8 Å². The highest BCUT2D eigenvalue weighted by molar-refractivity contribution is 7.80. The molecule has 1 aromatic rings. The van der Waals surface area contributed by atoms with Gasteiger partial charge < -0.3 is 10.6 Å². The fraction of sp³-hybridized carbons (Fsp3) is 0.429. The molecule has 0 aromatic heterocycles. The van der Waals surface area contributed by atoms with E-state index in [0.29, 0.717) is 11.2 Å². The highest BCUT2D eigenvalue weighted by atomic mass is 32.1. The van der Waals surface area contributed by atoms with Gasteiger partial charge in [-0.3, -0.25) is 4.90 Å². The Balaban J connectivity index is 1.74. The van der Waals surface area contributed by atoms with E-state index < -0.39 is 0 Å². The predicted octanol–water partition coefficient (Wildman–Crippen LogP) is 2.72. The van der Waals surface area contributed by atoms with Crippen molar-refractivity contribution in [3.8, 4) is 0 Å². The summed E-state index contributed by atoms with van der Waals surface area (Å²) < 4.78 is 0. The van der Waals surface area contributed by atoms with Gasteiger partial charge in [0, 0.05) is 11.7 Å². The van der Waals surface area contributed by atoms with Crippen molar-refractivity contribution in [2.75, 3.05) is 5.32 Å². The lowest BCUT2D eigenvalue weighted by molar-refractivity contribution is 0.212. The minimum absolute atomic E-state index is 0.127. The average molecular weight is 275 g/mol. The first-order chi connectivity index (χ1) is 9.25. The van der Waals surface area contributed by atoms with Crippen molar-refractivity contribution in [3.63, 3.8) is 0 Å². The van der Waals surface area contributed by atoms with Crippen LogP contribution in [0.15, 0.2) is 30.3 Å². The van der Waals surface area contributed by atoms with Crippen LogP contribution in [-0.4, -0.2) is 28.1 Å². The Kier molecular flexibility index (Phi) is 3.38. The van der Waals surface area contributed by atoms with E-state index in [-0.39, 0.29) is 12.1 Å². The molecule has 2 aliphatic rings. The first kappa shape index (κ1) is 12.4. The Morgan fingerprint density at radius 2 is 2.00 bits per heavy atom. The summed E-state index contributed by atoms with van der Waals surface area (Å²) in [4.78, 5) is 14.1. The second-order valence-electron chi connectivity index (χ2n) is 5.07. The summed E-state index contributed by atoms with van der Waals surface area (Å²) in [5.41, 5.74) is 0.801. The molecule has 1 aliphatic carbocycles. The molecule has 1 aliphatic heterocycles. The Morgan fingerprint density at radius 3 is 2.79 bits per heavy atom. The third-order valence-corrected chi connectivity index (χ3v) is 4.15. The quantitative estimate of drug-likeness (QED) is 0.775. The van der Waals surface area contributed by atoms with Crippen molar-refractivity contribution >= 4 is 29.0 Å². The van der Waals surface area contributed by atoms with Crippen molar-refractivity contribution in [2.45, 2.75) is 37.8 Å². The molecule has 4 nitrogen and oxygen atoms in total. The summed E-state index contributed by atoms with van der Waals surface area (Å²) in [6.45, 7) is 0. The zero-order valence-electron chi connectivity index (χ0n) is 10.6. The number of amides is 2. The van der Waals surface area contributed by atoms with Gasteiger partial charge in [0.1, 0.15) is 0 Å². The average Bonchev–Trinajstić information content (AvgIpc) is 2.75. The maximum atomic E-state index is 12.4. The van der Waals surface area contributed by atoms with Crippen LogP contribution in [0.2, 0.25) is 0 Å². The zero-order valence-corrected chi connectivity index (χ0v) is 11.5. The van der Waals surface area contributed by atoms with Crippen molar-refractivity contribution in [2.24, 2.45) is 0 Å². The number of hydrogen-bond acceptors (Lipinski definition) is 2. The van der Waals surface area contributed by atoms with Crippen LogP contribution in [0, 0.1) is 0 Å². The smallest absolute Gasteiger partial charge is 0.328 e. The lowest BCUT2D eigenvalue weighted by Crippen LogP contribution is -2.44. The van der Waals surface area contributed by atoms with Crippen LogP contribution < -0.4 is 10.6 Å². The number of carbonyl (C=O) groups excluding carboxylic acids is 1. The number of anilines is 1. The number of para-hydroxylation sites is 1. The van der Waals surface area contributed by atoms with E-state index in [0.717, 1.165) is 18.5 Å². The normalized spacial score (nSPS) is 25.7. The minimum atomic E-state index is -0.127. The molecule has 1 heterocycles. The maximum Gasteiger partial charge on any atom is 0.328 e. The number of nitrogens with zero attached hydrogens (tertiary/aromatic N) is 1. The molecule has 1 aromatic carbocycles. The van der Waals surface area contributed by atoms with Gasteiger partial charge in [-0.25, -0.2) is 4.79 Å². The van der Waals surface area contributed by atoms with E-state index in [1.54, 1.807) is 4.90 Å². The van der Waals surface area contributed by atoms with Crippen molar-refractivity contribution < 1.29 is 4.79 Å².